The fourth-order valence-electron chi connectivity index (χ4n) is 6.49. The Hall–Kier alpha value is -4.86. The van der Waals surface area contributed by atoms with Gasteiger partial charge in [0.2, 0.25) is 0 Å². The van der Waals surface area contributed by atoms with Gasteiger partial charge in [-0.15, -0.1) is 11.3 Å². The lowest BCUT2D eigenvalue weighted by atomic mass is 10.1. The van der Waals surface area contributed by atoms with E-state index in [1.165, 1.54) is 75.2 Å². The number of thiophene rings is 1. The molecular formula is C36H22N2S. The summed E-state index contributed by atoms with van der Waals surface area (Å²) in [6.07, 6.45) is 0. The van der Waals surface area contributed by atoms with Crippen LogP contribution in [-0.4, -0.2) is 9.13 Å². The Bertz CT molecular complexity index is 2390. The minimum Gasteiger partial charge on any atom is -0.309 e. The van der Waals surface area contributed by atoms with Crippen LogP contribution in [0.2, 0.25) is 0 Å². The fraction of sp³-hybridized carbons (Fsp3) is 0. The van der Waals surface area contributed by atoms with Crippen molar-refractivity contribution < 1.29 is 0 Å². The molecule has 9 aromatic rings. The van der Waals surface area contributed by atoms with Gasteiger partial charge in [-0.2, -0.15) is 0 Å². The van der Waals surface area contributed by atoms with Crippen LogP contribution in [0.4, 0.5) is 0 Å². The Morgan fingerprint density at radius 2 is 1.03 bits per heavy atom. The van der Waals surface area contributed by atoms with Crippen LogP contribution in [0, 0.1) is 0 Å². The largest absolute Gasteiger partial charge is 0.309 e. The summed E-state index contributed by atoms with van der Waals surface area (Å²) in [7, 11) is 0. The zero-order chi connectivity index (χ0) is 25.5. The van der Waals surface area contributed by atoms with E-state index in [4.69, 9.17) is 0 Å². The predicted molar refractivity (Wildman–Crippen MR) is 168 cm³/mol. The number of hydrogen-bond donors (Lipinski definition) is 0. The van der Waals surface area contributed by atoms with Crippen molar-refractivity contribution in [3.63, 3.8) is 0 Å². The lowest BCUT2D eigenvalue weighted by Crippen LogP contribution is -1.95. The highest BCUT2D eigenvalue weighted by Crippen LogP contribution is 2.42. The first kappa shape index (κ1) is 21.1. The van der Waals surface area contributed by atoms with E-state index < -0.39 is 0 Å². The molecule has 3 heterocycles. The van der Waals surface area contributed by atoms with E-state index in [0.29, 0.717) is 0 Å². The highest BCUT2D eigenvalue weighted by molar-refractivity contribution is 7.25. The van der Waals surface area contributed by atoms with Crippen LogP contribution in [0.3, 0.4) is 0 Å². The van der Waals surface area contributed by atoms with E-state index >= 15 is 0 Å². The lowest BCUT2D eigenvalue weighted by molar-refractivity contribution is 1.18. The number of rotatable bonds is 2. The smallest absolute Gasteiger partial charge is 0.0641 e. The number of hydrogen-bond acceptors (Lipinski definition) is 1. The second-order valence-electron chi connectivity index (χ2n) is 10.2. The normalized spacial score (nSPS) is 12.1. The molecule has 0 N–H and O–H groups in total. The first-order valence-electron chi connectivity index (χ1n) is 13.3. The van der Waals surface area contributed by atoms with E-state index in [0.717, 1.165) is 0 Å². The Kier molecular flexibility index (Phi) is 4.24. The third-order valence-corrected chi connectivity index (χ3v) is 9.24. The minimum absolute atomic E-state index is 1.18. The first-order chi connectivity index (χ1) is 19.4. The van der Waals surface area contributed by atoms with Gasteiger partial charge in [0, 0.05) is 53.1 Å². The molecule has 39 heavy (non-hydrogen) atoms. The molecule has 0 spiro atoms. The molecule has 0 aliphatic heterocycles. The maximum atomic E-state index is 2.45. The zero-order valence-electron chi connectivity index (χ0n) is 21.0. The molecule has 0 radical (unpaired) electrons. The first-order valence-corrected chi connectivity index (χ1v) is 14.1. The summed E-state index contributed by atoms with van der Waals surface area (Å²) < 4.78 is 7.54. The molecule has 9 rings (SSSR count). The van der Waals surface area contributed by atoms with Gasteiger partial charge in [0.05, 0.1) is 22.1 Å². The average molecular weight is 515 g/mol. The van der Waals surface area contributed by atoms with Crippen molar-refractivity contribution in [2.45, 2.75) is 0 Å². The van der Waals surface area contributed by atoms with Crippen LogP contribution in [-0.2, 0) is 0 Å². The van der Waals surface area contributed by atoms with Gasteiger partial charge in [0.25, 0.3) is 0 Å². The fourth-order valence-corrected chi connectivity index (χ4v) is 7.62. The van der Waals surface area contributed by atoms with Crippen molar-refractivity contribution in [1.29, 1.82) is 0 Å². The van der Waals surface area contributed by atoms with Crippen LogP contribution in [0.1, 0.15) is 0 Å². The van der Waals surface area contributed by atoms with Gasteiger partial charge in [-0.05, 0) is 48.5 Å². The number of para-hydroxylation sites is 3. The van der Waals surface area contributed by atoms with Crippen LogP contribution in [0.25, 0.3) is 75.2 Å². The molecule has 0 saturated heterocycles. The molecule has 2 nitrogen and oxygen atoms in total. The maximum absolute atomic E-state index is 2.45. The lowest BCUT2D eigenvalue weighted by Gasteiger charge is -2.10. The zero-order valence-corrected chi connectivity index (χ0v) is 21.8. The van der Waals surface area contributed by atoms with Gasteiger partial charge in [0.1, 0.15) is 0 Å². The molecule has 0 aliphatic rings. The van der Waals surface area contributed by atoms with E-state index in [9.17, 15) is 0 Å². The second kappa shape index (κ2) is 7.83. The van der Waals surface area contributed by atoms with Crippen molar-refractivity contribution in [1.82, 2.24) is 9.13 Å². The van der Waals surface area contributed by atoms with Crippen molar-refractivity contribution >= 4 is 75.1 Å². The Morgan fingerprint density at radius 1 is 0.385 bits per heavy atom. The molecule has 6 aromatic carbocycles. The highest BCUT2D eigenvalue weighted by Gasteiger charge is 2.20. The minimum atomic E-state index is 1.18. The van der Waals surface area contributed by atoms with Gasteiger partial charge < -0.3 is 9.13 Å². The Morgan fingerprint density at radius 3 is 1.87 bits per heavy atom. The summed E-state index contributed by atoms with van der Waals surface area (Å²) in [6.45, 7) is 0. The summed E-state index contributed by atoms with van der Waals surface area (Å²) in [5, 5.41) is 7.78. The molecule has 0 amide bonds. The van der Waals surface area contributed by atoms with Crippen LogP contribution in [0.15, 0.2) is 133 Å². The van der Waals surface area contributed by atoms with Gasteiger partial charge >= 0.3 is 0 Å². The third-order valence-electron chi connectivity index (χ3n) is 8.10. The predicted octanol–water partition coefficient (Wildman–Crippen LogP) is 10.2. The number of fused-ring (bicyclic) bond motifs is 10. The Labute approximate surface area is 228 Å². The monoisotopic (exact) mass is 514 g/mol. The van der Waals surface area contributed by atoms with Crippen LogP contribution >= 0.6 is 11.3 Å². The van der Waals surface area contributed by atoms with Gasteiger partial charge in [0.15, 0.2) is 0 Å². The van der Waals surface area contributed by atoms with Crippen molar-refractivity contribution in [3.8, 4) is 11.4 Å². The molecule has 0 saturated carbocycles. The average Bonchev–Trinajstić information content (AvgIpc) is 3.64. The number of nitrogens with zero attached hydrogens (tertiary/aromatic N) is 2. The maximum Gasteiger partial charge on any atom is 0.0641 e. The standard InChI is InChI=1S/C36H22N2S/c1-2-10-23(11-3-1)38-30-15-7-4-12-25(30)28-20-21-32-35(36(28)38)29-14-5-8-16-31(29)37(32)24-18-19-27-26-13-6-9-17-33(26)39-34(27)22-24/h1-22H. The molecule has 3 aromatic heterocycles. The van der Waals surface area contributed by atoms with Gasteiger partial charge in [-0.25, -0.2) is 0 Å². The third kappa shape index (κ3) is 2.85. The van der Waals surface area contributed by atoms with Crippen molar-refractivity contribution in [3.05, 3.63) is 133 Å². The van der Waals surface area contributed by atoms with Gasteiger partial charge in [-0.3, -0.25) is 0 Å². The summed E-state index contributed by atoms with van der Waals surface area (Å²) in [6, 6.07) is 48.6. The van der Waals surface area contributed by atoms with Crippen LogP contribution in [0.5, 0.6) is 0 Å². The van der Waals surface area contributed by atoms with E-state index in [1.54, 1.807) is 0 Å². The van der Waals surface area contributed by atoms with E-state index in [1.807, 2.05) is 11.3 Å². The molecule has 0 atom stereocenters. The summed E-state index contributed by atoms with van der Waals surface area (Å²) in [5.74, 6) is 0. The van der Waals surface area contributed by atoms with Gasteiger partial charge in [-0.1, -0.05) is 84.9 Å². The van der Waals surface area contributed by atoms with Crippen molar-refractivity contribution in [2.75, 3.05) is 0 Å². The molecule has 0 unspecified atom stereocenters. The van der Waals surface area contributed by atoms with Crippen molar-refractivity contribution in [2.24, 2.45) is 0 Å². The molecule has 182 valence electrons. The molecular weight excluding hydrogens is 492 g/mol. The quantitative estimate of drug-likeness (QED) is 0.217. The van der Waals surface area contributed by atoms with E-state index in [-0.39, 0.29) is 0 Å². The highest BCUT2D eigenvalue weighted by atomic mass is 32.1. The summed E-state index contributed by atoms with van der Waals surface area (Å²) in [5.41, 5.74) is 7.32. The topological polar surface area (TPSA) is 9.86 Å². The second-order valence-corrected chi connectivity index (χ2v) is 11.3. The summed E-state index contributed by atoms with van der Waals surface area (Å²) in [4.78, 5) is 0. The van der Waals surface area contributed by atoms with E-state index in [2.05, 4.69) is 143 Å². The molecule has 0 bridgehead atoms. The molecule has 0 aliphatic carbocycles. The Balaban J connectivity index is 1.45. The number of benzene rings is 6. The van der Waals surface area contributed by atoms with Crippen LogP contribution < -0.4 is 0 Å². The molecule has 0 fully saturated rings. The number of aromatic nitrogens is 2. The molecule has 3 heteroatoms. The summed E-state index contributed by atoms with van der Waals surface area (Å²) >= 11 is 1.87. The SMILES string of the molecule is c1ccc(-n2c3ccccc3c3ccc4c(c5ccccc5n4-c4ccc5c(c4)sc4ccccc45)c32)cc1.